The van der Waals surface area contributed by atoms with Crippen LogP contribution in [0.4, 0.5) is 5.69 Å². The van der Waals surface area contributed by atoms with Gasteiger partial charge in [-0.2, -0.15) is 0 Å². The van der Waals surface area contributed by atoms with E-state index in [1.807, 2.05) is 48.5 Å². The largest absolute Gasteiger partial charge is 0.497 e. The summed E-state index contributed by atoms with van der Waals surface area (Å²) >= 11 is 0. The Labute approximate surface area is 209 Å². The number of carbonyl (C=O) groups excluding carboxylic acids is 3. The van der Waals surface area contributed by atoms with E-state index in [9.17, 15) is 14.4 Å². The van der Waals surface area contributed by atoms with Crippen molar-refractivity contribution >= 4 is 23.5 Å². The molecular formula is C28H28N2O6. The van der Waals surface area contributed by atoms with E-state index in [1.165, 1.54) is 0 Å². The summed E-state index contributed by atoms with van der Waals surface area (Å²) in [5.74, 6) is 0.341. The standard InChI is InChI=1S/C28H28N2O6/c1-34-23-12-8-19(9-13-23)27(20-10-14-24(35-2)15-11-20)29-25(31)18-36-28(33)21-5-3-6-22(17-21)30-16-4-7-26(30)32/h3,5-6,8-15,17,27H,4,7,16,18H2,1-2H3,(H,29,31). The zero-order valence-corrected chi connectivity index (χ0v) is 20.2. The van der Waals surface area contributed by atoms with Gasteiger partial charge in [-0.25, -0.2) is 4.79 Å². The molecule has 1 fully saturated rings. The van der Waals surface area contributed by atoms with Gasteiger partial charge in [0.2, 0.25) is 5.91 Å². The number of rotatable bonds is 9. The van der Waals surface area contributed by atoms with Crippen molar-refractivity contribution in [3.8, 4) is 11.5 Å². The first kappa shape index (κ1) is 24.8. The second-order valence-corrected chi connectivity index (χ2v) is 8.32. The van der Waals surface area contributed by atoms with Crippen molar-refractivity contribution in [3.05, 3.63) is 89.5 Å². The van der Waals surface area contributed by atoms with Crippen LogP contribution in [0.3, 0.4) is 0 Å². The normalized spacial score (nSPS) is 13.0. The third-order valence-corrected chi connectivity index (χ3v) is 6.00. The molecule has 0 radical (unpaired) electrons. The molecule has 0 spiro atoms. The summed E-state index contributed by atoms with van der Waals surface area (Å²) in [6, 6.07) is 20.9. The Kier molecular flexibility index (Phi) is 7.85. The quantitative estimate of drug-likeness (QED) is 0.459. The van der Waals surface area contributed by atoms with Crippen LogP contribution in [-0.4, -0.2) is 45.2 Å². The number of hydrogen-bond acceptors (Lipinski definition) is 6. The fourth-order valence-electron chi connectivity index (χ4n) is 4.09. The highest BCUT2D eigenvalue weighted by Gasteiger charge is 2.23. The maximum Gasteiger partial charge on any atom is 0.338 e. The van der Waals surface area contributed by atoms with Crippen LogP contribution >= 0.6 is 0 Å². The Balaban J connectivity index is 1.44. The van der Waals surface area contributed by atoms with Crippen LogP contribution in [0.5, 0.6) is 11.5 Å². The first-order valence-corrected chi connectivity index (χ1v) is 11.6. The summed E-state index contributed by atoms with van der Waals surface area (Å²) in [4.78, 5) is 39.1. The van der Waals surface area contributed by atoms with Crippen LogP contribution in [-0.2, 0) is 14.3 Å². The molecule has 1 aliphatic heterocycles. The Hall–Kier alpha value is -4.33. The van der Waals surface area contributed by atoms with Crippen molar-refractivity contribution in [2.45, 2.75) is 18.9 Å². The van der Waals surface area contributed by atoms with Crippen LogP contribution in [0, 0.1) is 0 Å². The van der Waals surface area contributed by atoms with Crippen LogP contribution in [0.25, 0.3) is 0 Å². The number of nitrogens with one attached hydrogen (secondary N) is 1. The van der Waals surface area contributed by atoms with E-state index in [4.69, 9.17) is 14.2 Å². The van der Waals surface area contributed by atoms with Crippen LogP contribution in [0.1, 0.15) is 40.4 Å². The highest BCUT2D eigenvalue weighted by atomic mass is 16.5. The lowest BCUT2D eigenvalue weighted by molar-refractivity contribution is -0.124. The predicted molar refractivity (Wildman–Crippen MR) is 134 cm³/mol. The summed E-state index contributed by atoms with van der Waals surface area (Å²) in [6.07, 6.45) is 1.29. The topological polar surface area (TPSA) is 94.2 Å². The first-order chi connectivity index (χ1) is 17.5. The zero-order chi connectivity index (χ0) is 25.5. The maximum absolute atomic E-state index is 12.8. The van der Waals surface area contributed by atoms with Gasteiger partial charge in [0, 0.05) is 18.7 Å². The SMILES string of the molecule is COc1ccc(C(NC(=O)COC(=O)c2cccc(N3CCCC3=O)c2)c2ccc(OC)cc2)cc1. The first-order valence-electron chi connectivity index (χ1n) is 11.6. The average molecular weight is 489 g/mol. The second-order valence-electron chi connectivity index (χ2n) is 8.32. The maximum atomic E-state index is 12.8. The Morgan fingerprint density at radius 2 is 1.53 bits per heavy atom. The smallest absolute Gasteiger partial charge is 0.338 e. The zero-order valence-electron chi connectivity index (χ0n) is 20.2. The molecule has 0 bridgehead atoms. The van der Waals surface area contributed by atoms with Crippen molar-refractivity contribution in [2.75, 3.05) is 32.3 Å². The minimum absolute atomic E-state index is 0.0306. The molecule has 2 amide bonds. The number of methoxy groups -OCH3 is 2. The molecule has 8 heteroatoms. The molecule has 1 N–H and O–H groups in total. The van der Waals surface area contributed by atoms with Gasteiger partial charge < -0.3 is 24.4 Å². The van der Waals surface area contributed by atoms with Crippen molar-refractivity contribution in [2.24, 2.45) is 0 Å². The number of ether oxygens (including phenoxy) is 3. The Morgan fingerprint density at radius 1 is 0.917 bits per heavy atom. The van der Waals surface area contributed by atoms with E-state index in [1.54, 1.807) is 43.4 Å². The monoisotopic (exact) mass is 488 g/mol. The Bertz CT molecular complexity index is 1180. The molecule has 0 aliphatic carbocycles. The third kappa shape index (κ3) is 5.83. The number of nitrogens with zero attached hydrogens (tertiary/aromatic N) is 1. The van der Waals surface area contributed by atoms with Crippen molar-refractivity contribution in [1.29, 1.82) is 0 Å². The lowest BCUT2D eigenvalue weighted by Crippen LogP contribution is -2.33. The van der Waals surface area contributed by atoms with Gasteiger partial charge in [-0.3, -0.25) is 9.59 Å². The minimum Gasteiger partial charge on any atom is -0.497 e. The molecule has 1 saturated heterocycles. The van der Waals surface area contributed by atoms with E-state index in [-0.39, 0.29) is 11.5 Å². The summed E-state index contributed by atoms with van der Waals surface area (Å²) in [5, 5.41) is 2.94. The van der Waals surface area contributed by atoms with Gasteiger partial charge in [0.1, 0.15) is 11.5 Å². The molecule has 0 unspecified atom stereocenters. The van der Waals surface area contributed by atoms with Gasteiger partial charge in [0.05, 0.1) is 25.8 Å². The average Bonchev–Trinajstić information content (AvgIpc) is 3.36. The summed E-state index contributed by atoms with van der Waals surface area (Å²) in [7, 11) is 3.18. The van der Waals surface area contributed by atoms with Gasteiger partial charge in [0.25, 0.3) is 5.91 Å². The van der Waals surface area contributed by atoms with E-state index < -0.39 is 24.5 Å². The highest BCUT2D eigenvalue weighted by Crippen LogP contribution is 2.26. The third-order valence-electron chi connectivity index (χ3n) is 6.00. The van der Waals surface area contributed by atoms with E-state index in [0.717, 1.165) is 17.5 Å². The lowest BCUT2D eigenvalue weighted by atomic mass is 9.98. The highest BCUT2D eigenvalue weighted by molar-refractivity contribution is 5.97. The minimum atomic E-state index is -0.635. The predicted octanol–water partition coefficient (Wildman–Crippen LogP) is 3.89. The number of benzene rings is 3. The second kappa shape index (κ2) is 11.4. The Morgan fingerprint density at radius 3 is 2.06 bits per heavy atom. The van der Waals surface area contributed by atoms with E-state index in [2.05, 4.69) is 5.32 Å². The van der Waals surface area contributed by atoms with Gasteiger partial charge in [0.15, 0.2) is 6.61 Å². The molecule has 0 saturated carbocycles. The molecule has 1 aliphatic rings. The van der Waals surface area contributed by atoms with E-state index >= 15 is 0 Å². The molecule has 8 nitrogen and oxygen atoms in total. The molecule has 1 heterocycles. The molecule has 3 aromatic carbocycles. The summed E-state index contributed by atoms with van der Waals surface area (Å²) in [6.45, 7) is 0.173. The molecular weight excluding hydrogens is 460 g/mol. The van der Waals surface area contributed by atoms with Gasteiger partial charge >= 0.3 is 5.97 Å². The van der Waals surface area contributed by atoms with Crippen molar-refractivity contribution in [3.63, 3.8) is 0 Å². The number of anilines is 1. The fraction of sp³-hybridized carbons (Fsp3) is 0.250. The molecule has 0 aromatic heterocycles. The van der Waals surface area contributed by atoms with Crippen molar-refractivity contribution in [1.82, 2.24) is 5.32 Å². The van der Waals surface area contributed by atoms with Crippen LogP contribution < -0.4 is 19.7 Å². The van der Waals surface area contributed by atoms with E-state index in [0.29, 0.717) is 30.2 Å². The van der Waals surface area contributed by atoms with Gasteiger partial charge in [-0.15, -0.1) is 0 Å². The molecule has 4 rings (SSSR count). The number of amides is 2. The van der Waals surface area contributed by atoms with Gasteiger partial charge in [-0.05, 0) is 60.0 Å². The van der Waals surface area contributed by atoms with Gasteiger partial charge in [-0.1, -0.05) is 30.3 Å². The molecule has 36 heavy (non-hydrogen) atoms. The fourth-order valence-corrected chi connectivity index (χ4v) is 4.09. The molecule has 186 valence electrons. The lowest BCUT2D eigenvalue weighted by Gasteiger charge is -2.20. The van der Waals surface area contributed by atoms with Crippen LogP contribution in [0.2, 0.25) is 0 Å². The summed E-state index contributed by atoms with van der Waals surface area (Å²) < 4.78 is 15.8. The number of carbonyl (C=O) groups is 3. The summed E-state index contributed by atoms with van der Waals surface area (Å²) in [5.41, 5.74) is 2.60. The van der Waals surface area contributed by atoms with Crippen molar-refractivity contribution < 1.29 is 28.6 Å². The van der Waals surface area contributed by atoms with Crippen LogP contribution in [0.15, 0.2) is 72.8 Å². The number of hydrogen-bond donors (Lipinski definition) is 1. The molecule has 3 aromatic rings. The number of esters is 1. The molecule has 0 atom stereocenters.